The zero-order valence-electron chi connectivity index (χ0n) is 6.49. The van der Waals surface area contributed by atoms with Gasteiger partial charge in [-0.1, -0.05) is 0 Å². The molecule has 0 saturated carbocycles. The van der Waals surface area contributed by atoms with E-state index in [1.807, 2.05) is 0 Å². The Morgan fingerprint density at radius 2 is 2.50 bits per heavy atom. The fraction of sp³-hybridized carbons (Fsp3) is 0.250. The summed E-state index contributed by atoms with van der Waals surface area (Å²) < 4.78 is 4.71. The first kappa shape index (κ1) is 8.67. The normalized spacial score (nSPS) is 9.42. The molecule has 1 rings (SSSR count). The predicted molar refractivity (Wildman–Crippen MR) is 42.5 cm³/mol. The summed E-state index contributed by atoms with van der Waals surface area (Å²) in [6.07, 6.45) is 3.02. The van der Waals surface area contributed by atoms with Crippen LogP contribution in [-0.4, -0.2) is 24.1 Å². The number of hydrogen-bond acceptors (Lipinski definition) is 3. The number of carbonyl (C=O) groups excluding carboxylic acids is 1. The molecular weight excluding hydrogens is 156 g/mol. The lowest BCUT2D eigenvalue weighted by molar-refractivity contribution is 0.0515. The molecule has 1 aromatic heterocycles. The van der Waals surface area contributed by atoms with Crippen LogP contribution in [0.3, 0.4) is 0 Å². The summed E-state index contributed by atoms with van der Waals surface area (Å²) in [5.74, 6) is -0.421. The molecule has 0 atom stereocenters. The number of rotatable bonds is 3. The highest BCUT2D eigenvalue weighted by atomic mass is 16.5. The second-order valence-electron chi connectivity index (χ2n) is 2.13. The van der Waals surface area contributed by atoms with Gasteiger partial charge in [0.15, 0.2) is 0 Å². The van der Waals surface area contributed by atoms with E-state index in [4.69, 9.17) is 10.5 Å². The number of nitrogens with zero attached hydrogens (tertiary/aromatic N) is 1. The quantitative estimate of drug-likeness (QED) is 0.613. The smallest absolute Gasteiger partial charge is 0.339 e. The van der Waals surface area contributed by atoms with Crippen molar-refractivity contribution in [2.24, 2.45) is 0 Å². The van der Waals surface area contributed by atoms with Crippen LogP contribution in [0.5, 0.6) is 0 Å². The topological polar surface area (TPSA) is 63.0 Å². The lowest BCUT2D eigenvalue weighted by atomic mass is 10.3. The predicted octanol–water partition coefficient (Wildman–Crippen LogP) is 0.521. The molecular formula is C8H9N2O2. The Balaban J connectivity index is 2.54. The molecule has 1 radical (unpaired) electrons. The van der Waals surface area contributed by atoms with Crippen LogP contribution in [0.4, 0.5) is 0 Å². The molecule has 0 aliphatic rings. The van der Waals surface area contributed by atoms with Gasteiger partial charge in [-0.3, -0.25) is 10.7 Å². The molecule has 0 unspecified atom stereocenters. The van der Waals surface area contributed by atoms with E-state index in [-0.39, 0.29) is 13.2 Å². The van der Waals surface area contributed by atoms with E-state index in [1.165, 1.54) is 6.20 Å². The number of esters is 1. The van der Waals surface area contributed by atoms with Gasteiger partial charge >= 0.3 is 5.97 Å². The van der Waals surface area contributed by atoms with Crippen molar-refractivity contribution in [1.29, 1.82) is 0 Å². The van der Waals surface area contributed by atoms with Gasteiger partial charge in [0.25, 0.3) is 0 Å². The summed E-state index contributed by atoms with van der Waals surface area (Å²) in [6, 6.07) is 3.29. The molecule has 1 aromatic rings. The molecule has 0 saturated heterocycles. The third-order valence-electron chi connectivity index (χ3n) is 1.23. The number of nitrogens with one attached hydrogen (secondary N) is 1. The molecule has 1 heterocycles. The van der Waals surface area contributed by atoms with Gasteiger partial charge in [-0.2, -0.15) is 0 Å². The zero-order valence-corrected chi connectivity index (χ0v) is 6.49. The van der Waals surface area contributed by atoms with Crippen molar-refractivity contribution >= 4 is 5.97 Å². The number of ether oxygens (including phenoxy) is 1. The van der Waals surface area contributed by atoms with Crippen LogP contribution < -0.4 is 5.73 Å². The lowest BCUT2D eigenvalue weighted by Crippen LogP contribution is -2.09. The molecule has 12 heavy (non-hydrogen) atoms. The summed E-state index contributed by atoms with van der Waals surface area (Å²) in [7, 11) is 0. The maximum Gasteiger partial charge on any atom is 0.339 e. The highest BCUT2D eigenvalue weighted by Crippen LogP contribution is 1.97. The van der Waals surface area contributed by atoms with Gasteiger partial charge in [0.1, 0.15) is 6.61 Å². The molecule has 4 heteroatoms. The van der Waals surface area contributed by atoms with Crippen molar-refractivity contribution in [3.63, 3.8) is 0 Å². The summed E-state index contributed by atoms with van der Waals surface area (Å²) in [5, 5.41) is 0. The van der Waals surface area contributed by atoms with Crippen LogP contribution in [0.1, 0.15) is 10.4 Å². The largest absolute Gasteiger partial charge is 0.461 e. The Hall–Kier alpha value is -1.42. The first-order valence-corrected chi connectivity index (χ1v) is 3.56. The van der Waals surface area contributed by atoms with E-state index in [2.05, 4.69) is 4.98 Å². The standard InChI is InChI=1S/C8H9N2O2/c9-3-5-12-8(11)7-2-1-4-10-6-7/h1-2,4,6,9H,3,5H2. The van der Waals surface area contributed by atoms with E-state index < -0.39 is 5.97 Å². The number of pyridine rings is 1. The molecule has 4 nitrogen and oxygen atoms in total. The molecule has 0 aromatic carbocycles. The second-order valence-corrected chi connectivity index (χ2v) is 2.13. The van der Waals surface area contributed by atoms with Gasteiger partial charge in [-0.05, 0) is 12.1 Å². The lowest BCUT2D eigenvalue weighted by Gasteiger charge is -2.00. The van der Waals surface area contributed by atoms with Crippen molar-refractivity contribution in [2.45, 2.75) is 0 Å². The van der Waals surface area contributed by atoms with Crippen molar-refractivity contribution in [3.8, 4) is 0 Å². The zero-order chi connectivity index (χ0) is 8.81. The fourth-order valence-electron chi connectivity index (χ4n) is 0.711. The highest BCUT2D eigenvalue weighted by molar-refractivity contribution is 5.88. The molecule has 1 N–H and O–H groups in total. The van der Waals surface area contributed by atoms with Crippen molar-refractivity contribution in [3.05, 3.63) is 30.1 Å². The molecule has 0 bridgehead atoms. The summed E-state index contributed by atoms with van der Waals surface area (Å²) in [4.78, 5) is 14.8. The van der Waals surface area contributed by atoms with Gasteiger partial charge in [0.2, 0.25) is 0 Å². The second kappa shape index (κ2) is 4.46. The molecule has 63 valence electrons. The van der Waals surface area contributed by atoms with Crippen LogP contribution >= 0.6 is 0 Å². The SMILES string of the molecule is [NH]CCOC(=O)c1cccnc1. The van der Waals surface area contributed by atoms with E-state index in [9.17, 15) is 4.79 Å². The maximum absolute atomic E-state index is 11.1. The van der Waals surface area contributed by atoms with E-state index >= 15 is 0 Å². The van der Waals surface area contributed by atoms with Crippen LogP contribution in [0.15, 0.2) is 24.5 Å². The minimum absolute atomic E-state index is 0.0893. The minimum atomic E-state index is -0.421. The van der Waals surface area contributed by atoms with Crippen LogP contribution in [-0.2, 0) is 4.74 Å². The molecule has 0 aliphatic carbocycles. The van der Waals surface area contributed by atoms with Gasteiger partial charge in [0.05, 0.1) is 5.56 Å². The molecule has 0 aliphatic heterocycles. The number of hydrogen-bond donors (Lipinski definition) is 0. The minimum Gasteiger partial charge on any atom is -0.461 e. The Kier molecular flexibility index (Phi) is 3.22. The number of carbonyl (C=O) groups is 1. The Bertz CT molecular complexity index is 248. The van der Waals surface area contributed by atoms with Gasteiger partial charge in [-0.25, -0.2) is 4.79 Å². The van der Waals surface area contributed by atoms with Crippen molar-refractivity contribution < 1.29 is 9.53 Å². The first-order chi connectivity index (χ1) is 5.84. The molecule has 0 spiro atoms. The third kappa shape index (κ3) is 2.32. The van der Waals surface area contributed by atoms with Gasteiger partial charge in [0, 0.05) is 18.9 Å². The van der Waals surface area contributed by atoms with Crippen molar-refractivity contribution in [1.82, 2.24) is 10.7 Å². The maximum atomic E-state index is 11.1. The Labute approximate surface area is 70.4 Å². The molecule has 0 fully saturated rings. The monoisotopic (exact) mass is 165 g/mol. The van der Waals surface area contributed by atoms with Crippen molar-refractivity contribution in [2.75, 3.05) is 13.2 Å². The Morgan fingerprint density at radius 3 is 3.08 bits per heavy atom. The van der Waals surface area contributed by atoms with E-state index in [0.717, 1.165) is 0 Å². The third-order valence-corrected chi connectivity index (χ3v) is 1.23. The first-order valence-electron chi connectivity index (χ1n) is 3.56. The van der Waals surface area contributed by atoms with Crippen LogP contribution in [0.2, 0.25) is 0 Å². The van der Waals surface area contributed by atoms with E-state index in [0.29, 0.717) is 5.56 Å². The Morgan fingerprint density at radius 1 is 1.67 bits per heavy atom. The van der Waals surface area contributed by atoms with Crippen LogP contribution in [0.25, 0.3) is 0 Å². The fourth-order valence-corrected chi connectivity index (χ4v) is 0.711. The average molecular weight is 165 g/mol. The molecule has 0 amide bonds. The summed E-state index contributed by atoms with van der Waals surface area (Å²) in [5.41, 5.74) is 7.19. The van der Waals surface area contributed by atoms with Crippen LogP contribution in [0, 0.1) is 0 Å². The summed E-state index contributed by atoms with van der Waals surface area (Å²) in [6.45, 7) is 0.222. The van der Waals surface area contributed by atoms with Gasteiger partial charge in [-0.15, -0.1) is 0 Å². The average Bonchev–Trinajstić information content (AvgIpc) is 2.15. The summed E-state index contributed by atoms with van der Waals surface area (Å²) >= 11 is 0. The highest BCUT2D eigenvalue weighted by Gasteiger charge is 2.04. The van der Waals surface area contributed by atoms with E-state index in [1.54, 1.807) is 18.3 Å². The number of aromatic nitrogens is 1. The van der Waals surface area contributed by atoms with Gasteiger partial charge < -0.3 is 4.74 Å².